The third kappa shape index (κ3) is 6.73. The molecule has 48 heavy (non-hydrogen) atoms. The van der Waals surface area contributed by atoms with Gasteiger partial charge in [0, 0.05) is 74.9 Å². The van der Waals surface area contributed by atoms with Crippen molar-refractivity contribution < 1.29 is 14.4 Å². The summed E-state index contributed by atoms with van der Waals surface area (Å²) in [6.07, 6.45) is 6.29. The van der Waals surface area contributed by atoms with Crippen molar-refractivity contribution in [2.45, 2.75) is 70.0 Å². The highest BCUT2D eigenvalue weighted by Crippen LogP contribution is 2.29. The number of H-pyrrole nitrogens is 1. The van der Waals surface area contributed by atoms with Crippen LogP contribution in [0.1, 0.15) is 55.2 Å². The Bertz CT molecular complexity index is 1620. The van der Waals surface area contributed by atoms with Crippen LogP contribution in [-0.2, 0) is 11.2 Å². The molecule has 2 unspecified atom stereocenters. The van der Waals surface area contributed by atoms with Gasteiger partial charge in [-0.3, -0.25) is 14.8 Å². The van der Waals surface area contributed by atoms with Gasteiger partial charge >= 0.3 is 12.1 Å². The number of likely N-dealkylation sites (tertiary alicyclic amines) is 1. The minimum atomic E-state index is -0.709. The minimum Gasteiger partial charge on any atom is -0.338 e. The number of rotatable bonds is 6. The van der Waals surface area contributed by atoms with E-state index >= 15 is 0 Å². The molecule has 12 heteroatoms. The molecule has 5 amide bonds. The van der Waals surface area contributed by atoms with Crippen molar-refractivity contribution in [1.82, 2.24) is 40.4 Å². The Hall–Kier alpha value is -4.16. The van der Waals surface area contributed by atoms with Crippen LogP contribution in [0.2, 0.25) is 0 Å². The van der Waals surface area contributed by atoms with Gasteiger partial charge in [-0.25, -0.2) is 9.59 Å². The number of aromatic nitrogens is 2. The van der Waals surface area contributed by atoms with Gasteiger partial charge in [0.1, 0.15) is 6.04 Å². The maximum absolute atomic E-state index is 14.3. The molecule has 0 saturated carbocycles. The van der Waals surface area contributed by atoms with Gasteiger partial charge in [0.2, 0.25) is 5.91 Å². The maximum Gasteiger partial charge on any atom is 0.322 e. The fraction of sp³-hybridized carbons (Fsp3) is 0.556. The summed E-state index contributed by atoms with van der Waals surface area (Å²) in [4.78, 5) is 49.6. The van der Waals surface area contributed by atoms with Crippen molar-refractivity contribution in [2.75, 3.05) is 64.2 Å². The SMILES string of the molecule is Cc1cc(C(C)C(NC(=O)N2CCC(N3CCc4ccccc4NC3=O)CC2)C(=O)N2CCN(C3CCNCC3)CC2)cc2cn[nH]c12. The van der Waals surface area contributed by atoms with Crippen LogP contribution >= 0.6 is 0 Å². The number of hydrogen-bond donors (Lipinski definition) is 4. The van der Waals surface area contributed by atoms with Crippen LogP contribution in [0.25, 0.3) is 10.9 Å². The number of nitrogens with one attached hydrogen (secondary N) is 4. The Kier molecular flexibility index (Phi) is 9.54. The van der Waals surface area contributed by atoms with Gasteiger partial charge in [0.25, 0.3) is 0 Å². The summed E-state index contributed by atoms with van der Waals surface area (Å²) in [6.45, 7) is 10.9. The highest BCUT2D eigenvalue weighted by molar-refractivity contribution is 5.91. The Labute approximate surface area is 282 Å². The molecular weight excluding hydrogens is 606 g/mol. The largest absolute Gasteiger partial charge is 0.338 e. The first kappa shape index (κ1) is 32.4. The molecule has 5 heterocycles. The number of benzene rings is 2. The zero-order chi connectivity index (χ0) is 33.2. The number of nitrogens with zero attached hydrogens (tertiary/aromatic N) is 5. The number of urea groups is 2. The van der Waals surface area contributed by atoms with E-state index in [2.05, 4.69) is 49.2 Å². The van der Waals surface area contributed by atoms with Gasteiger partial charge in [-0.1, -0.05) is 31.2 Å². The van der Waals surface area contributed by atoms with Crippen molar-refractivity contribution in [3.8, 4) is 0 Å². The Morgan fingerprint density at radius 1 is 0.917 bits per heavy atom. The maximum atomic E-state index is 14.3. The number of fused-ring (bicyclic) bond motifs is 2. The van der Waals surface area contributed by atoms with E-state index in [1.165, 1.54) is 0 Å². The van der Waals surface area contributed by atoms with Gasteiger partial charge in [0.15, 0.2) is 0 Å². The van der Waals surface area contributed by atoms with Gasteiger partial charge in [0.05, 0.1) is 11.7 Å². The van der Waals surface area contributed by atoms with E-state index in [0.29, 0.717) is 51.6 Å². The van der Waals surface area contributed by atoms with Crippen LogP contribution < -0.4 is 16.0 Å². The van der Waals surface area contributed by atoms with E-state index in [0.717, 1.165) is 78.7 Å². The van der Waals surface area contributed by atoms with Crippen LogP contribution in [0.3, 0.4) is 0 Å². The number of piperazine rings is 1. The monoisotopic (exact) mass is 655 g/mol. The zero-order valence-corrected chi connectivity index (χ0v) is 28.2. The number of carbonyl (C=O) groups is 3. The topological polar surface area (TPSA) is 129 Å². The standard InChI is InChI=1S/C36H49N9O3/c1-24-21-27(22-28-23-38-41-32(24)28)25(2)33(34(46)43-19-17-42(18-20-43)29-7-12-37-13-8-29)40-35(47)44-14-10-30(11-15-44)45-16-9-26-5-3-4-6-31(26)39-36(45)48/h3-6,21-23,25,29-30,33,37H,7-20H2,1-2H3,(H,38,41)(H,39,48)(H,40,47). The number of aromatic amines is 1. The Morgan fingerprint density at radius 3 is 2.44 bits per heavy atom. The zero-order valence-electron chi connectivity index (χ0n) is 28.2. The number of piperidine rings is 2. The number of aryl methyl sites for hydroxylation is 1. The molecule has 4 aliphatic heterocycles. The third-order valence-electron chi connectivity index (χ3n) is 11.1. The fourth-order valence-electron chi connectivity index (χ4n) is 8.14. The molecular formula is C36H49N9O3. The molecule has 7 rings (SSSR count). The van der Waals surface area contributed by atoms with Crippen LogP contribution in [0, 0.1) is 6.92 Å². The molecule has 4 N–H and O–H groups in total. The highest BCUT2D eigenvalue weighted by atomic mass is 16.2. The van der Waals surface area contributed by atoms with E-state index < -0.39 is 6.04 Å². The second kappa shape index (κ2) is 14.1. The molecule has 256 valence electrons. The van der Waals surface area contributed by atoms with Gasteiger partial charge in [-0.15, -0.1) is 0 Å². The lowest BCUT2D eigenvalue weighted by atomic mass is 9.90. The van der Waals surface area contributed by atoms with E-state index in [4.69, 9.17) is 0 Å². The summed E-state index contributed by atoms with van der Waals surface area (Å²) in [5.41, 5.74) is 5.06. The van der Waals surface area contributed by atoms with Crippen LogP contribution in [0.15, 0.2) is 42.6 Å². The normalized spacial score (nSPS) is 21.4. The van der Waals surface area contributed by atoms with Gasteiger partial charge < -0.3 is 30.7 Å². The van der Waals surface area contributed by atoms with E-state index in [1.54, 1.807) is 6.20 Å². The summed E-state index contributed by atoms with van der Waals surface area (Å²) in [5.74, 6) is -0.275. The van der Waals surface area contributed by atoms with Crippen molar-refractivity contribution in [2.24, 2.45) is 0 Å². The molecule has 0 radical (unpaired) electrons. The Morgan fingerprint density at radius 2 is 1.67 bits per heavy atom. The molecule has 1 aromatic heterocycles. The lowest BCUT2D eigenvalue weighted by Gasteiger charge is -2.42. The molecule has 2 aromatic carbocycles. The first-order chi connectivity index (χ1) is 23.4. The van der Waals surface area contributed by atoms with Crippen molar-refractivity contribution in [3.63, 3.8) is 0 Å². The fourth-order valence-corrected chi connectivity index (χ4v) is 8.14. The average molecular weight is 656 g/mol. The quantitative estimate of drug-likeness (QED) is 0.322. The minimum absolute atomic E-state index is 0.0264. The summed E-state index contributed by atoms with van der Waals surface area (Å²) < 4.78 is 0. The van der Waals surface area contributed by atoms with E-state index in [1.807, 2.05) is 46.7 Å². The number of carbonyl (C=O) groups excluding carboxylic acids is 3. The smallest absolute Gasteiger partial charge is 0.322 e. The van der Waals surface area contributed by atoms with Crippen molar-refractivity contribution in [1.29, 1.82) is 0 Å². The number of anilines is 1. The number of amides is 5. The third-order valence-corrected chi connectivity index (χ3v) is 11.1. The molecule has 3 fully saturated rings. The lowest BCUT2D eigenvalue weighted by molar-refractivity contribution is -0.136. The Balaban J connectivity index is 1.02. The molecule has 3 saturated heterocycles. The van der Waals surface area contributed by atoms with Crippen molar-refractivity contribution >= 4 is 34.6 Å². The summed E-state index contributed by atoms with van der Waals surface area (Å²) in [6, 6.07) is 11.8. The molecule has 4 aliphatic rings. The van der Waals surface area contributed by atoms with Crippen LogP contribution in [0.4, 0.5) is 15.3 Å². The van der Waals surface area contributed by atoms with Crippen LogP contribution in [-0.4, -0.2) is 125 Å². The predicted molar refractivity (Wildman–Crippen MR) is 186 cm³/mol. The van der Waals surface area contributed by atoms with Crippen LogP contribution in [0.5, 0.6) is 0 Å². The van der Waals surface area contributed by atoms with Gasteiger partial charge in [-0.2, -0.15) is 5.10 Å². The van der Waals surface area contributed by atoms with E-state index in [9.17, 15) is 14.4 Å². The molecule has 0 bridgehead atoms. The average Bonchev–Trinajstić information content (AvgIpc) is 3.54. The van der Waals surface area contributed by atoms with E-state index in [-0.39, 0.29) is 29.9 Å². The first-order valence-electron chi connectivity index (χ1n) is 17.7. The summed E-state index contributed by atoms with van der Waals surface area (Å²) in [5, 5.41) is 18.0. The molecule has 3 aromatic rings. The van der Waals surface area contributed by atoms with Crippen molar-refractivity contribution in [3.05, 3.63) is 59.3 Å². The molecule has 12 nitrogen and oxygen atoms in total. The molecule has 2 atom stereocenters. The highest BCUT2D eigenvalue weighted by Gasteiger charge is 2.37. The summed E-state index contributed by atoms with van der Waals surface area (Å²) in [7, 11) is 0. The number of hydrogen-bond acceptors (Lipinski definition) is 6. The number of para-hydroxylation sites is 1. The second-order valence-electron chi connectivity index (χ2n) is 14.0. The predicted octanol–water partition coefficient (Wildman–Crippen LogP) is 3.50. The van der Waals surface area contributed by atoms with Gasteiger partial charge in [-0.05, 0) is 80.9 Å². The lowest BCUT2D eigenvalue weighted by Crippen LogP contribution is -2.60. The first-order valence-corrected chi connectivity index (χ1v) is 17.7. The summed E-state index contributed by atoms with van der Waals surface area (Å²) >= 11 is 0. The molecule has 0 spiro atoms. The molecule has 0 aliphatic carbocycles. The second-order valence-corrected chi connectivity index (χ2v) is 14.0.